The van der Waals surface area contributed by atoms with Gasteiger partial charge in [0, 0.05) is 33.7 Å². The van der Waals surface area contributed by atoms with Crippen LogP contribution in [0.1, 0.15) is 34.7 Å². The molecule has 1 amide bonds. The van der Waals surface area contributed by atoms with Crippen LogP contribution >= 0.6 is 11.8 Å². The summed E-state index contributed by atoms with van der Waals surface area (Å²) >= 11 is 1.32. The van der Waals surface area contributed by atoms with Crippen LogP contribution in [0.5, 0.6) is 5.75 Å². The van der Waals surface area contributed by atoms with Crippen LogP contribution in [0.3, 0.4) is 0 Å². The Kier molecular flexibility index (Phi) is 11.0. The van der Waals surface area contributed by atoms with Crippen molar-refractivity contribution in [3.8, 4) is 5.75 Å². The SMILES string of the molecule is C[C@@H](SC1COC(c2ccc(C(=O)Nc3ccc(OCC(F)(F)C(F)F)cc3)cc2)OC1)[C@](O)(Cn1cncn1)c1ccc(F)cc1F. The van der Waals surface area contributed by atoms with E-state index in [0.717, 1.165) is 12.1 Å². The molecule has 2 N–H and O–H groups in total. The molecule has 48 heavy (non-hydrogen) atoms. The van der Waals surface area contributed by atoms with Crippen LogP contribution in [0, 0.1) is 11.6 Å². The number of anilines is 1. The highest BCUT2D eigenvalue weighted by Crippen LogP contribution is 2.39. The van der Waals surface area contributed by atoms with Gasteiger partial charge >= 0.3 is 12.3 Å². The number of nitrogens with zero attached hydrogens (tertiary/aromatic N) is 3. The molecule has 256 valence electrons. The standard InChI is InChI=1S/C32H30F6N4O5S/c1-19(31(44,15-42-18-39-17-40-42)26-11-6-22(33)12-27(26)34)48-25-13-45-29(46-14-25)21-4-2-20(3-5-21)28(43)41-23-7-9-24(10-8-23)47-16-32(37,38)30(35)36/h2-12,17-19,25,29-30,44H,13-16H2,1H3,(H,41,43)/t19-,25?,29?,31-/m1/s1. The summed E-state index contributed by atoms with van der Waals surface area (Å²) in [5.74, 6) is -6.47. The Hall–Kier alpha value is -4.12. The number of thioether (sulfide) groups is 1. The maximum absolute atomic E-state index is 14.9. The van der Waals surface area contributed by atoms with E-state index in [-0.39, 0.29) is 36.3 Å². The van der Waals surface area contributed by atoms with E-state index in [2.05, 4.69) is 15.4 Å². The van der Waals surface area contributed by atoms with Crippen LogP contribution in [-0.2, 0) is 21.6 Å². The number of ether oxygens (including phenoxy) is 3. The summed E-state index contributed by atoms with van der Waals surface area (Å²) in [6.07, 6.45) is -1.91. The van der Waals surface area contributed by atoms with Gasteiger partial charge in [0.1, 0.15) is 35.6 Å². The zero-order chi connectivity index (χ0) is 34.5. The summed E-state index contributed by atoms with van der Waals surface area (Å²) in [4.78, 5) is 16.6. The molecule has 0 unspecified atom stereocenters. The third-order valence-corrected chi connectivity index (χ3v) is 8.97. The first-order valence-corrected chi connectivity index (χ1v) is 15.5. The predicted molar refractivity (Wildman–Crippen MR) is 163 cm³/mol. The molecule has 16 heteroatoms. The Labute approximate surface area is 275 Å². The second kappa shape index (κ2) is 15.0. The highest BCUT2D eigenvalue weighted by Gasteiger charge is 2.42. The fourth-order valence-corrected chi connectivity index (χ4v) is 6.18. The van der Waals surface area contributed by atoms with Gasteiger partial charge in [-0.2, -0.15) is 13.9 Å². The van der Waals surface area contributed by atoms with E-state index >= 15 is 0 Å². The molecule has 0 saturated carbocycles. The first-order chi connectivity index (χ1) is 22.8. The van der Waals surface area contributed by atoms with Crippen LogP contribution in [0.2, 0.25) is 0 Å². The molecule has 9 nitrogen and oxygen atoms in total. The molecule has 1 aromatic heterocycles. The van der Waals surface area contributed by atoms with Crippen molar-refractivity contribution in [2.24, 2.45) is 0 Å². The van der Waals surface area contributed by atoms with E-state index in [1.165, 1.54) is 59.4 Å². The molecule has 1 fully saturated rings. The minimum atomic E-state index is -4.29. The number of benzene rings is 3. The van der Waals surface area contributed by atoms with Crippen molar-refractivity contribution >= 4 is 23.4 Å². The minimum Gasteiger partial charge on any atom is -0.487 e. The number of carbonyl (C=O) groups is 1. The average Bonchev–Trinajstić information content (AvgIpc) is 3.57. The van der Waals surface area contributed by atoms with Gasteiger partial charge in [0.25, 0.3) is 5.91 Å². The number of halogens is 6. The van der Waals surface area contributed by atoms with Gasteiger partial charge in [-0.1, -0.05) is 25.1 Å². The lowest BCUT2D eigenvalue weighted by Gasteiger charge is -2.37. The van der Waals surface area contributed by atoms with E-state index in [1.807, 2.05) is 0 Å². The molecule has 0 aliphatic carbocycles. The van der Waals surface area contributed by atoms with E-state index in [9.17, 15) is 36.2 Å². The molecule has 3 aromatic carbocycles. The molecule has 0 radical (unpaired) electrons. The molecular weight excluding hydrogens is 666 g/mol. The highest BCUT2D eigenvalue weighted by molar-refractivity contribution is 8.00. The molecule has 1 saturated heterocycles. The van der Waals surface area contributed by atoms with Gasteiger partial charge in [-0.25, -0.2) is 27.2 Å². The second-order valence-corrected chi connectivity index (χ2v) is 12.6. The van der Waals surface area contributed by atoms with Gasteiger partial charge in [0.15, 0.2) is 12.9 Å². The first kappa shape index (κ1) is 35.2. The minimum absolute atomic E-state index is 0.0653. The van der Waals surface area contributed by atoms with Crippen LogP contribution in [0.15, 0.2) is 79.4 Å². The number of alkyl halides is 4. The van der Waals surface area contributed by atoms with Crippen molar-refractivity contribution in [2.45, 2.75) is 48.2 Å². The summed E-state index contributed by atoms with van der Waals surface area (Å²) in [5, 5.41) is 17.6. The first-order valence-electron chi connectivity index (χ1n) is 14.5. The number of carbonyl (C=O) groups excluding carboxylic acids is 1. The summed E-state index contributed by atoms with van der Waals surface area (Å²) in [6.45, 7) is 0.564. The molecular formula is C32H30F6N4O5S. The summed E-state index contributed by atoms with van der Waals surface area (Å²) in [5.41, 5.74) is -0.605. The van der Waals surface area contributed by atoms with Gasteiger partial charge in [0.2, 0.25) is 0 Å². The third kappa shape index (κ3) is 8.47. The Balaban J connectivity index is 1.14. The lowest BCUT2D eigenvalue weighted by molar-refractivity contribution is -0.180. The van der Waals surface area contributed by atoms with E-state index in [4.69, 9.17) is 14.2 Å². The normalized spacial score (nSPS) is 18.7. The molecule has 1 aliphatic rings. The monoisotopic (exact) mass is 696 g/mol. The zero-order valence-corrected chi connectivity index (χ0v) is 26.1. The Morgan fingerprint density at radius 3 is 2.38 bits per heavy atom. The molecule has 1 aliphatic heterocycles. The number of aromatic nitrogens is 3. The lowest BCUT2D eigenvalue weighted by atomic mass is 9.90. The van der Waals surface area contributed by atoms with Gasteiger partial charge in [-0.3, -0.25) is 4.79 Å². The average molecular weight is 697 g/mol. The number of rotatable bonds is 13. The molecule has 4 aromatic rings. The Bertz CT molecular complexity index is 1660. The van der Waals surface area contributed by atoms with Crippen LogP contribution in [-0.4, -0.2) is 68.4 Å². The smallest absolute Gasteiger partial charge is 0.340 e. The largest absolute Gasteiger partial charge is 0.487 e. The number of aliphatic hydroxyl groups is 1. The highest BCUT2D eigenvalue weighted by atomic mass is 32.2. The van der Waals surface area contributed by atoms with Crippen LogP contribution in [0.25, 0.3) is 0 Å². The maximum atomic E-state index is 14.9. The van der Waals surface area contributed by atoms with Gasteiger partial charge in [0.05, 0.1) is 25.0 Å². The van der Waals surface area contributed by atoms with Crippen molar-refractivity contribution in [1.82, 2.24) is 14.8 Å². The van der Waals surface area contributed by atoms with Crippen molar-refractivity contribution in [3.63, 3.8) is 0 Å². The topological polar surface area (TPSA) is 108 Å². The number of nitrogens with one attached hydrogen (secondary N) is 1. The molecule has 2 atom stereocenters. The fourth-order valence-electron chi connectivity index (χ4n) is 4.86. The van der Waals surface area contributed by atoms with E-state index < -0.39 is 53.6 Å². The second-order valence-electron chi connectivity index (χ2n) is 11.0. The maximum Gasteiger partial charge on any atom is 0.340 e. The van der Waals surface area contributed by atoms with Gasteiger partial charge < -0.3 is 24.6 Å². The fraction of sp³-hybridized carbons (Fsp3) is 0.344. The summed E-state index contributed by atoms with van der Waals surface area (Å²) in [6, 6.07) is 14.7. The van der Waals surface area contributed by atoms with Gasteiger partial charge in [-0.05, 0) is 42.5 Å². The van der Waals surface area contributed by atoms with Crippen LogP contribution < -0.4 is 10.1 Å². The Morgan fingerprint density at radius 2 is 1.77 bits per heavy atom. The third-order valence-electron chi connectivity index (χ3n) is 7.51. The quantitative estimate of drug-likeness (QED) is 0.159. The zero-order valence-electron chi connectivity index (χ0n) is 25.2. The summed E-state index contributed by atoms with van der Waals surface area (Å²) in [7, 11) is 0. The van der Waals surface area contributed by atoms with Gasteiger partial charge in [-0.15, -0.1) is 11.8 Å². The number of amides is 1. The molecule has 5 rings (SSSR count). The molecule has 2 heterocycles. The van der Waals surface area contributed by atoms with Crippen molar-refractivity contribution in [1.29, 1.82) is 0 Å². The summed E-state index contributed by atoms with van der Waals surface area (Å²) < 4.78 is 97.2. The van der Waals surface area contributed by atoms with Crippen molar-refractivity contribution < 1.29 is 50.5 Å². The van der Waals surface area contributed by atoms with Crippen molar-refractivity contribution in [3.05, 3.63) is 108 Å². The predicted octanol–water partition coefficient (Wildman–Crippen LogP) is 6.21. The van der Waals surface area contributed by atoms with Crippen molar-refractivity contribution in [2.75, 3.05) is 25.1 Å². The lowest BCUT2D eigenvalue weighted by Crippen LogP contribution is -2.43. The van der Waals surface area contributed by atoms with E-state index in [1.54, 1.807) is 31.2 Å². The van der Waals surface area contributed by atoms with Crippen LogP contribution in [0.4, 0.5) is 32.0 Å². The van der Waals surface area contributed by atoms with E-state index in [0.29, 0.717) is 16.8 Å². The molecule has 0 spiro atoms. The molecule has 0 bridgehead atoms. The number of hydrogen-bond donors (Lipinski definition) is 2. The Morgan fingerprint density at radius 1 is 1.08 bits per heavy atom. The number of hydrogen-bond acceptors (Lipinski definition) is 8.